The normalized spacial score (nSPS) is 27.6. The molecule has 9 nitrogen and oxygen atoms in total. The van der Waals surface area contributed by atoms with Crippen LogP contribution in [0.1, 0.15) is 26.3 Å². The van der Waals surface area contributed by atoms with Crippen molar-refractivity contribution in [1.82, 2.24) is 15.1 Å². The quantitative estimate of drug-likeness (QED) is 0.571. The van der Waals surface area contributed by atoms with Crippen molar-refractivity contribution >= 4 is 18.1 Å². The van der Waals surface area contributed by atoms with Crippen molar-refractivity contribution in [2.75, 3.05) is 6.61 Å². The van der Waals surface area contributed by atoms with Crippen molar-refractivity contribution in [3.05, 3.63) is 47.5 Å². The van der Waals surface area contributed by atoms with Gasteiger partial charge in [0, 0.05) is 0 Å². The number of carbonyl (C=O) groups is 3. The SMILES string of the molecule is CCOC(=O)N1[C@H]2C=C(C)[C@@H](ON2C(=O)OCc2ccccc2)[C@H]2[C@@H](C)C(=O)N21. The molecule has 0 saturated carbocycles. The van der Waals surface area contributed by atoms with Crippen LogP contribution in [0.15, 0.2) is 42.0 Å². The molecular weight excluding hydrogens is 378 g/mol. The summed E-state index contributed by atoms with van der Waals surface area (Å²) >= 11 is 0. The second-order valence-corrected chi connectivity index (χ2v) is 7.22. The molecule has 154 valence electrons. The Bertz CT molecular complexity index is 857. The monoisotopic (exact) mass is 401 g/mol. The van der Waals surface area contributed by atoms with Crippen LogP contribution in [-0.2, 0) is 25.7 Å². The lowest BCUT2D eigenvalue weighted by molar-refractivity contribution is -0.197. The maximum Gasteiger partial charge on any atom is 0.436 e. The van der Waals surface area contributed by atoms with Crippen molar-refractivity contribution in [3.8, 4) is 0 Å². The highest BCUT2D eigenvalue weighted by Crippen LogP contribution is 2.42. The number of ether oxygens (including phenoxy) is 2. The fourth-order valence-electron chi connectivity index (χ4n) is 3.89. The number of hydrazine groups is 1. The lowest BCUT2D eigenvalue weighted by Gasteiger charge is -2.49. The highest BCUT2D eigenvalue weighted by atomic mass is 16.7. The molecule has 0 aliphatic carbocycles. The molecule has 2 bridgehead atoms. The molecule has 9 heteroatoms. The molecule has 2 fully saturated rings. The Morgan fingerprint density at radius 3 is 2.55 bits per heavy atom. The van der Waals surface area contributed by atoms with Crippen molar-refractivity contribution < 1.29 is 28.7 Å². The summed E-state index contributed by atoms with van der Waals surface area (Å²) in [6.07, 6.45) is -1.27. The van der Waals surface area contributed by atoms with Crippen LogP contribution in [0.2, 0.25) is 0 Å². The van der Waals surface area contributed by atoms with E-state index in [1.54, 1.807) is 19.9 Å². The van der Waals surface area contributed by atoms with Crippen LogP contribution >= 0.6 is 0 Å². The van der Waals surface area contributed by atoms with Gasteiger partial charge >= 0.3 is 12.2 Å². The van der Waals surface area contributed by atoms with Crippen molar-refractivity contribution in [3.63, 3.8) is 0 Å². The van der Waals surface area contributed by atoms with Crippen LogP contribution in [0.4, 0.5) is 9.59 Å². The van der Waals surface area contributed by atoms with Gasteiger partial charge in [-0.15, -0.1) is 0 Å². The fraction of sp³-hybridized carbons (Fsp3) is 0.450. The minimum absolute atomic E-state index is 0.0570. The standard InChI is InChI=1S/C20H23N3O6/c1-4-27-19(25)21-15-10-12(2)17(16-13(3)18(24)22(16)21)29-23(15)20(26)28-11-14-8-6-5-7-9-14/h5-10,13,15-17H,4,11H2,1-3H3/t13-,15-,16-,17-/m1/s1. The minimum Gasteiger partial charge on any atom is -0.448 e. The summed E-state index contributed by atoms with van der Waals surface area (Å²) in [7, 11) is 0. The van der Waals surface area contributed by atoms with Gasteiger partial charge in [0.2, 0.25) is 5.91 Å². The zero-order valence-corrected chi connectivity index (χ0v) is 16.5. The zero-order valence-electron chi connectivity index (χ0n) is 16.5. The number of rotatable bonds is 3. The average molecular weight is 401 g/mol. The zero-order chi connectivity index (χ0) is 20.7. The van der Waals surface area contributed by atoms with Gasteiger partial charge in [-0.05, 0) is 31.1 Å². The first kappa shape index (κ1) is 19.3. The van der Waals surface area contributed by atoms with Gasteiger partial charge < -0.3 is 9.47 Å². The van der Waals surface area contributed by atoms with Crippen LogP contribution in [0, 0.1) is 5.92 Å². The highest BCUT2D eigenvalue weighted by molar-refractivity contribution is 5.88. The Hall–Kier alpha value is -3.07. The number of hydrogen-bond acceptors (Lipinski definition) is 6. The summed E-state index contributed by atoms with van der Waals surface area (Å²) in [6.45, 7) is 5.50. The van der Waals surface area contributed by atoms with Gasteiger partial charge in [-0.3, -0.25) is 9.63 Å². The molecule has 0 aromatic heterocycles. The summed E-state index contributed by atoms with van der Waals surface area (Å²) in [5, 5.41) is 3.50. The van der Waals surface area contributed by atoms with Crippen LogP contribution < -0.4 is 0 Å². The predicted octanol–water partition coefficient (Wildman–Crippen LogP) is 2.45. The van der Waals surface area contributed by atoms with Gasteiger partial charge in [0.25, 0.3) is 0 Å². The molecule has 4 aliphatic heterocycles. The molecule has 3 amide bonds. The molecule has 0 unspecified atom stereocenters. The van der Waals surface area contributed by atoms with Gasteiger partial charge in [0.15, 0.2) is 6.17 Å². The number of hydrogen-bond donors (Lipinski definition) is 0. The molecular formula is C20H23N3O6. The van der Waals surface area contributed by atoms with E-state index in [0.717, 1.165) is 21.2 Å². The number of hydroxylamine groups is 2. The van der Waals surface area contributed by atoms with Crippen LogP contribution in [-0.4, -0.2) is 58.1 Å². The molecule has 29 heavy (non-hydrogen) atoms. The average Bonchev–Trinajstić information content (AvgIpc) is 2.93. The van der Waals surface area contributed by atoms with E-state index in [2.05, 4.69) is 0 Å². The number of nitrogens with zero attached hydrogens (tertiary/aromatic N) is 3. The first-order chi connectivity index (χ1) is 13.9. The summed E-state index contributed by atoms with van der Waals surface area (Å²) in [6, 6.07) is 8.84. The minimum atomic E-state index is -0.977. The first-order valence-electron chi connectivity index (χ1n) is 9.58. The Morgan fingerprint density at radius 1 is 1.14 bits per heavy atom. The number of amides is 3. The van der Waals surface area contributed by atoms with Crippen molar-refractivity contribution in [1.29, 1.82) is 0 Å². The van der Waals surface area contributed by atoms with E-state index in [1.165, 1.54) is 5.01 Å². The number of β-lactam (4-membered cyclic amide) rings is 1. The lowest BCUT2D eigenvalue weighted by atomic mass is 9.84. The number of carbonyl (C=O) groups excluding carboxylic acids is 3. The third-order valence-corrected chi connectivity index (χ3v) is 5.37. The smallest absolute Gasteiger partial charge is 0.436 e. The van der Waals surface area contributed by atoms with E-state index in [0.29, 0.717) is 0 Å². The number of benzene rings is 1. The van der Waals surface area contributed by atoms with E-state index in [9.17, 15) is 14.4 Å². The predicted molar refractivity (Wildman–Crippen MR) is 99.5 cm³/mol. The van der Waals surface area contributed by atoms with E-state index in [1.807, 2.05) is 37.3 Å². The third kappa shape index (κ3) is 3.11. The molecule has 5 rings (SSSR count). The van der Waals surface area contributed by atoms with Crippen LogP contribution in [0.25, 0.3) is 0 Å². The molecule has 4 atom stereocenters. The number of fused-ring (bicyclic) bond motifs is 1. The maximum atomic E-state index is 12.8. The maximum absolute atomic E-state index is 12.8. The second-order valence-electron chi connectivity index (χ2n) is 7.22. The summed E-state index contributed by atoms with van der Waals surface area (Å²) in [5.41, 5.74) is 1.66. The Balaban J connectivity index is 1.62. The van der Waals surface area contributed by atoms with E-state index in [-0.39, 0.29) is 25.0 Å². The van der Waals surface area contributed by atoms with Crippen LogP contribution in [0.5, 0.6) is 0 Å². The van der Waals surface area contributed by atoms with E-state index < -0.39 is 30.5 Å². The molecule has 0 radical (unpaired) electrons. The lowest BCUT2D eigenvalue weighted by Crippen LogP contribution is -2.70. The fourth-order valence-corrected chi connectivity index (χ4v) is 3.89. The van der Waals surface area contributed by atoms with Gasteiger partial charge in [0.05, 0.1) is 18.6 Å². The van der Waals surface area contributed by atoms with Crippen LogP contribution in [0.3, 0.4) is 0 Å². The summed E-state index contributed by atoms with van der Waals surface area (Å²) in [5.74, 6) is -0.566. The Morgan fingerprint density at radius 2 is 1.86 bits per heavy atom. The van der Waals surface area contributed by atoms with Gasteiger partial charge in [-0.25, -0.2) is 14.6 Å². The van der Waals surface area contributed by atoms with Crippen molar-refractivity contribution in [2.45, 2.75) is 45.7 Å². The van der Waals surface area contributed by atoms with Gasteiger partial charge in [-0.2, -0.15) is 10.1 Å². The van der Waals surface area contributed by atoms with E-state index in [4.69, 9.17) is 14.3 Å². The van der Waals surface area contributed by atoms with Gasteiger partial charge in [-0.1, -0.05) is 37.3 Å². The molecule has 4 aliphatic rings. The first-order valence-corrected chi connectivity index (χ1v) is 9.58. The third-order valence-electron chi connectivity index (χ3n) is 5.37. The second kappa shape index (κ2) is 7.40. The molecule has 2 saturated heterocycles. The topological polar surface area (TPSA) is 88.6 Å². The molecule has 0 N–H and O–H groups in total. The molecule has 1 aromatic rings. The van der Waals surface area contributed by atoms with E-state index >= 15 is 0 Å². The Kier molecular flexibility index (Phi) is 4.91. The molecule has 0 spiro atoms. The highest BCUT2D eigenvalue weighted by Gasteiger charge is 2.61. The van der Waals surface area contributed by atoms with Crippen molar-refractivity contribution in [2.24, 2.45) is 5.92 Å². The Labute approximate surface area is 168 Å². The summed E-state index contributed by atoms with van der Waals surface area (Å²) < 4.78 is 10.5. The molecule has 1 aromatic carbocycles. The summed E-state index contributed by atoms with van der Waals surface area (Å²) in [4.78, 5) is 44.0. The molecule has 4 heterocycles. The van der Waals surface area contributed by atoms with Gasteiger partial charge in [0.1, 0.15) is 12.7 Å². The largest absolute Gasteiger partial charge is 0.448 e.